The number of halogens is 1. The summed E-state index contributed by atoms with van der Waals surface area (Å²) in [7, 11) is 0. The molecule has 0 unspecified atom stereocenters. The number of amides is 3. The van der Waals surface area contributed by atoms with E-state index in [4.69, 9.17) is 0 Å². The van der Waals surface area contributed by atoms with Crippen molar-refractivity contribution in [1.82, 2.24) is 5.32 Å². The van der Waals surface area contributed by atoms with Crippen molar-refractivity contribution in [3.8, 4) is 0 Å². The lowest BCUT2D eigenvalue weighted by atomic mass is 10.1. The number of benzene rings is 2. The van der Waals surface area contributed by atoms with E-state index in [0.29, 0.717) is 24.3 Å². The van der Waals surface area contributed by atoms with Gasteiger partial charge in [-0.15, -0.1) is 0 Å². The smallest absolute Gasteiger partial charge is 0.326 e. The molecule has 0 heterocycles. The Morgan fingerprint density at radius 1 is 0.906 bits per heavy atom. The monoisotopic (exact) mass is 441 g/mol. The number of hydrogen-bond donors (Lipinski definition) is 2. The predicted octanol–water partition coefficient (Wildman–Crippen LogP) is 6.43. The summed E-state index contributed by atoms with van der Waals surface area (Å²) in [5, 5.41) is 5.81. The average Bonchev–Trinajstić information content (AvgIpc) is 2.78. The minimum Gasteiger partial charge on any atom is -0.354 e. The molecular formula is C26H36FN3O2. The van der Waals surface area contributed by atoms with Crippen molar-refractivity contribution < 1.29 is 14.0 Å². The van der Waals surface area contributed by atoms with Gasteiger partial charge in [0.1, 0.15) is 5.82 Å². The van der Waals surface area contributed by atoms with E-state index in [1.807, 2.05) is 31.2 Å². The van der Waals surface area contributed by atoms with Crippen LogP contribution in [0.4, 0.5) is 20.6 Å². The molecule has 2 N–H and O–H groups in total. The fraction of sp³-hybridized carbons (Fsp3) is 0.462. The largest absolute Gasteiger partial charge is 0.354 e. The lowest BCUT2D eigenvalue weighted by Crippen LogP contribution is -2.41. The summed E-state index contributed by atoms with van der Waals surface area (Å²) in [6.45, 7) is 4.73. The number of hydrogen-bond acceptors (Lipinski definition) is 2. The first-order chi connectivity index (χ1) is 15.5. The second-order valence-corrected chi connectivity index (χ2v) is 8.09. The standard InChI is InChI=1S/C26H36FN3O2/c1-3-4-5-6-7-8-9-14-25(31)28-19-20-30(23-17-15-22(27)16-18-23)26(32)29-24-13-11-10-12-21(24)2/h10-13,15-18H,3-9,14,19-20H2,1-2H3,(H,28,31)(H,29,32). The molecule has 0 aliphatic rings. The van der Waals surface area contributed by atoms with Crippen LogP contribution in [0, 0.1) is 12.7 Å². The summed E-state index contributed by atoms with van der Waals surface area (Å²) in [5.41, 5.74) is 2.23. The number of urea groups is 1. The summed E-state index contributed by atoms with van der Waals surface area (Å²) < 4.78 is 13.4. The molecule has 5 nitrogen and oxygen atoms in total. The molecule has 2 rings (SSSR count). The van der Waals surface area contributed by atoms with Gasteiger partial charge >= 0.3 is 6.03 Å². The van der Waals surface area contributed by atoms with Crippen molar-refractivity contribution in [3.05, 3.63) is 59.9 Å². The van der Waals surface area contributed by atoms with E-state index in [9.17, 15) is 14.0 Å². The minimum atomic E-state index is -0.365. The van der Waals surface area contributed by atoms with Crippen molar-refractivity contribution >= 4 is 23.3 Å². The number of nitrogens with one attached hydrogen (secondary N) is 2. The van der Waals surface area contributed by atoms with Crippen LogP contribution in [-0.2, 0) is 4.79 Å². The molecule has 174 valence electrons. The highest BCUT2D eigenvalue weighted by atomic mass is 19.1. The Balaban J connectivity index is 1.85. The Hall–Kier alpha value is -2.89. The molecule has 0 saturated carbocycles. The van der Waals surface area contributed by atoms with Crippen molar-refractivity contribution in [2.45, 2.75) is 65.2 Å². The number of aryl methyl sites for hydroxylation is 1. The molecule has 0 aromatic heterocycles. The fourth-order valence-corrected chi connectivity index (χ4v) is 3.50. The Bertz CT molecular complexity index is 839. The molecule has 0 fully saturated rings. The van der Waals surface area contributed by atoms with E-state index in [0.717, 1.165) is 18.4 Å². The molecule has 0 spiro atoms. The highest BCUT2D eigenvalue weighted by Gasteiger charge is 2.17. The Labute approximate surface area is 191 Å². The molecule has 0 aliphatic heterocycles. The van der Waals surface area contributed by atoms with E-state index < -0.39 is 0 Å². The van der Waals surface area contributed by atoms with Crippen molar-refractivity contribution in [1.29, 1.82) is 0 Å². The van der Waals surface area contributed by atoms with Crippen LogP contribution in [0.2, 0.25) is 0 Å². The quantitative estimate of drug-likeness (QED) is 0.352. The van der Waals surface area contributed by atoms with Crippen LogP contribution in [-0.4, -0.2) is 25.0 Å². The van der Waals surface area contributed by atoms with Crippen LogP contribution in [0.15, 0.2) is 48.5 Å². The SMILES string of the molecule is CCCCCCCCCC(=O)NCCN(C(=O)Nc1ccccc1C)c1ccc(F)cc1. The first kappa shape index (κ1) is 25.4. The van der Waals surface area contributed by atoms with Crippen LogP contribution >= 0.6 is 0 Å². The van der Waals surface area contributed by atoms with Gasteiger partial charge in [0.15, 0.2) is 0 Å². The molecule has 0 radical (unpaired) electrons. The normalized spacial score (nSPS) is 10.6. The number of unbranched alkanes of at least 4 members (excludes halogenated alkanes) is 6. The zero-order chi connectivity index (χ0) is 23.2. The Morgan fingerprint density at radius 2 is 1.56 bits per heavy atom. The molecular weight excluding hydrogens is 405 g/mol. The first-order valence-corrected chi connectivity index (χ1v) is 11.7. The number of nitrogens with zero attached hydrogens (tertiary/aromatic N) is 1. The van der Waals surface area contributed by atoms with Crippen LogP contribution in [0.3, 0.4) is 0 Å². The Kier molecular flexibility index (Phi) is 11.3. The molecule has 32 heavy (non-hydrogen) atoms. The third-order valence-corrected chi connectivity index (χ3v) is 5.44. The van der Waals surface area contributed by atoms with E-state index in [1.54, 1.807) is 12.1 Å². The van der Waals surface area contributed by atoms with Crippen LogP contribution in [0.1, 0.15) is 63.9 Å². The van der Waals surface area contributed by atoms with Gasteiger partial charge < -0.3 is 10.6 Å². The first-order valence-electron chi connectivity index (χ1n) is 11.7. The maximum absolute atomic E-state index is 13.4. The topological polar surface area (TPSA) is 61.4 Å². The summed E-state index contributed by atoms with van der Waals surface area (Å²) >= 11 is 0. The van der Waals surface area contributed by atoms with Crippen LogP contribution in [0.5, 0.6) is 0 Å². The van der Waals surface area contributed by atoms with E-state index in [-0.39, 0.29) is 24.3 Å². The van der Waals surface area contributed by atoms with E-state index in [2.05, 4.69) is 17.6 Å². The minimum absolute atomic E-state index is 0.00285. The zero-order valence-electron chi connectivity index (χ0n) is 19.3. The molecule has 2 aromatic carbocycles. The van der Waals surface area contributed by atoms with Gasteiger partial charge in [-0.3, -0.25) is 9.69 Å². The third kappa shape index (κ3) is 9.08. The van der Waals surface area contributed by atoms with Crippen molar-refractivity contribution in [3.63, 3.8) is 0 Å². The van der Waals surface area contributed by atoms with Gasteiger partial charge in [0.2, 0.25) is 5.91 Å². The van der Waals surface area contributed by atoms with Crippen LogP contribution < -0.4 is 15.5 Å². The number of carbonyl (C=O) groups excluding carboxylic acids is 2. The molecule has 3 amide bonds. The second-order valence-electron chi connectivity index (χ2n) is 8.09. The van der Waals surface area contributed by atoms with Gasteiger partial charge in [0, 0.05) is 30.9 Å². The highest BCUT2D eigenvalue weighted by molar-refractivity contribution is 6.02. The number of anilines is 2. The molecule has 0 atom stereocenters. The van der Waals surface area contributed by atoms with E-state index >= 15 is 0 Å². The van der Waals surface area contributed by atoms with Gasteiger partial charge in [0.25, 0.3) is 0 Å². The lowest BCUT2D eigenvalue weighted by Gasteiger charge is -2.24. The molecule has 0 bridgehead atoms. The number of carbonyl (C=O) groups is 2. The van der Waals surface area contributed by atoms with Crippen molar-refractivity contribution in [2.75, 3.05) is 23.3 Å². The fourth-order valence-electron chi connectivity index (χ4n) is 3.50. The van der Waals surface area contributed by atoms with Crippen molar-refractivity contribution in [2.24, 2.45) is 0 Å². The van der Waals surface area contributed by atoms with Gasteiger partial charge in [-0.1, -0.05) is 63.6 Å². The number of para-hydroxylation sites is 1. The molecule has 0 saturated heterocycles. The van der Waals surface area contributed by atoms with Gasteiger partial charge in [-0.2, -0.15) is 0 Å². The summed E-state index contributed by atoms with van der Waals surface area (Å²) in [6, 6.07) is 13.0. The average molecular weight is 442 g/mol. The molecule has 6 heteroatoms. The maximum Gasteiger partial charge on any atom is 0.326 e. The summed E-state index contributed by atoms with van der Waals surface area (Å²) in [5.74, 6) is -0.368. The lowest BCUT2D eigenvalue weighted by molar-refractivity contribution is -0.121. The summed E-state index contributed by atoms with van der Waals surface area (Å²) in [4.78, 5) is 26.6. The van der Waals surface area contributed by atoms with Gasteiger partial charge in [0.05, 0.1) is 0 Å². The maximum atomic E-state index is 13.4. The summed E-state index contributed by atoms with van der Waals surface area (Å²) in [6.07, 6.45) is 8.64. The Morgan fingerprint density at radius 3 is 2.25 bits per heavy atom. The highest BCUT2D eigenvalue weighted by Crippen LogP contribution is 2.18. The molecule has 2 aromatic rings. The predicted molar refractivity (Wildman–Crippen MR) is 130 cm³/mol. The van der Waals surface area contributed by atoms with E-state index in [1.165, 1.54) is 49.1 Å². The second kappa shape index (κ2) is 14.2. The number of rotatable bonds is 13. The van der Waals surface area contributed by atoms with Gasteiger partial charge in [-0.05, 0) is 49.2 Å². The van der Waals surface area contributed by atoms with Gasteiger partial charge in [-0.25, -0.2) is 9.18 Å². The van der Waals surface area contributed by atoms with Crippen LogP contribution in [0.25, 0.3) is 0 Å². The zero-order valence-corrected chi connectivity index (χ0v) is 19.3. The third-order valence-electron chi connectivity index (χ3n) is 5.44. The molecule has 0 aliphatic carbocycles.